The summed E-state index contributed by atoms with van der Waals surface area (Å²) in [6.45, 7) is 0.203. The zero-order chi connectivity index (χ0) is 23.4. The summed E-state index contributed by atoms with van der Waals surface area (Å²) in [6.07, 6.45) is 2.57. The minimum absolute atomic E-state index is 0.0165. The predicted molar refractivity (Wildman–Crippen MR) is 133 cm³/mol. The van der Waals surface area contributed by atoms with Gasteiger partial charge in [-0.3, -0.25) is 0 Å². The Labute approximate surface area is 196 Å². The number of benzene rings is 3. The Morgan fingerprint density at radius 3 is 2.64 bits per heavy atom. The molecule has 1 unspecified atom stereocenters. The van der Waals surface area contributed by atoms with E-state index in [1.54, 1.807) is 18.2 Å². The highest BCUT2D eigenvalue weighted by molar-refractivity contribution is 8.55. The summed E-state index contributed by atoms with van der Waals surface area (Å²) in [6, 6.07) is 17.2. The molecule has 5 nitrogen and oxygen atoms in total. The van der Waals surface area contributed by atoms with Gasteiger partial charge in [-0.15, -0.1) is 0 Å². The molecule has 3 aromatic carbocycles. The molecule has 0 aliphatic rings. The van der Waals surface area contributed by atoms with Crippen molar-refractivity contribution in [2.45, 2.75) is 33.1 Å². The first-order valence-electron chi connectivity index (χ1n) is 10.9. The summed E-state index contributed by atoms with van der Waals surface area (Å²) in [5, 5.41) is 11.8. The Bertz CT molecular complexity index is 1350. The Kier molecular flexibility index (Phi) is 7.11. The average molecular weight is 486 g/mol. The van der Waals surface area contributed by atoms with E-state index >= 15 is 0 Å². The van der Waals surface area contributed by atoms with Crippen molar-refractivity contribution in [1.29, 1.82) is 0 Å². The number of phenols is 1. The smallest absolute Gasteiger partial charge is 0.492 e. The van der Waals surface area contributed by atoms with Crippen molar-refractivity contribution in [3.05, 3.63) is 72.0 Å². The van der Waals surface area contributed by atoms with Gasteiger partial charge in [0.05, 0.1) is 5.52 Å². The molecule has 0 saturated heterocycles. The van der Waals surface area contributed by atoms with Gasteiger partial charge in [-0.1, -0.05) is 50.6 Å². The maximum absolute atomic E-state index is 15.0. The molecule has 33 heavy (non-hydrogen) atoms. The third kappa shape index (κ3) is 5.26. The Balaban J connectivity index is 1.73. The lowest BCUT2D eigenvalue weighted by Crippen LogP contribution is -2.01. The second-order valence-corrected chi connectivity index (χ2v) is 11.7. The molecule has 1 heterocycles. The summed E-state index contributed by atoms with van der Waals surface area (Å²) >= 11 is 1.02. The zero-order valence-corrected chi connectivity index (χ0v) is 20.2. The molecule has 1 N–H and O–H groups in total. The number of fused-ring (bicyclic) bond motifs is 2. The lowest BCUT2D eigenvalue weighted by molar-refractivity contribution is 0.388. The highest BCUT2D eigenvalue weighted by Gasteiger charge is 2.31. The number of hydrogen-bond acceptors (Lipinski definition) is 6. The molecule has 0 radical (unpaired) electrons. The van der Waals surface area contributed by atoms with Gasteiger partial charge in [0.1, 0.15) is 11.3 Å². The van der Waals surface area contributed by atoms with Gasteiger partial charge in [-0.2, -0.15) is 0 Å². The number of pyridine rings is 1. The lowest BCUT2D eigenvalue weighted by atomic mass is 10.1. The van der Waals surface area contributed by atoms with Crippen molar-refractivity contribution >= 4 is 40.0 Å². The third-order valence-corrected chi connectivity index (χ3v) is 8.72. The van der Waals surface area contributed by atoms with Crippen LogP contribution in [0.4, 0.5) is 4.39 Å². The maximum atomic E-state index is 15.0. The number of phenolic OH excluding ortho intramolecular Hbond substituents is 1. The van der Waals surface area contributed by atoms with E-state index in [1.165, 1.54) is 0 Å². The number of nitrogens with zero attached hydrogens (tertiary/aromatic N) is 1. The van der Waals surface area contributed by atoms with Gasteiger partial charge >= 0.3 is 6.80 Å². The molecule has 4 aromatic rings. The summed E-state index contributed by atoms with van der Waals surface area (Å²) < 4.78 is 40.2. The Hall–Kier alpha value is -2.76. The van der Waals surface area contributed by atoms with Crippen LogP contribution in [0.5, 0.6) is 17.2 Å². The number of para-hydroxylation sites is 1. The second-order valence-electron chi connectivity index (χ2n) is 7.64. The van der Waals surface area contributed by atoms with Crippen molar-refractivity contribution < 1.29 is 23.1 Å². The van der Waals surface area contributed by atoms with Crippen LogP contribution in [0.15, 0.2) is 60.7 Å². The van der Waals surface area contributed by atoms with E-state index in [0.29, 0.717) is 17.0 Å². The fourth-order valence-corrected chi connectivity index (χ4v) is 6.84. The van der Waals surface area contributed by atoms with Crippen LogP contribution < -0.4 is 9.05 Å². The Morgan fingerprint density at radius 2 is 1.85 bits per heavy atom. The minimum Gasteiger partial charge on any atom is -0.504 e. The summed E-state index contributed by atoms with van der Waals surface area (Å²) in [5.41, 5.74) is 1.68. The second kappa shape index (κ2) is 10.0. The first-order valence-corrected chi connectivity index (χ1v) is 14.0. The SMILES string of the molecule is CCCSP(=O)(Oc1cccc(CCC)c1)Oc1cc(F)c2nc3ccccc3cc2c1O. The molecular formula is C25H25FNO4PS. The lowest BCUT2D eigenvalue weighted by Gasteiger charge is -2.20. The average Bonchev–Trinajstić information content (AvgIpc) is 2.80. The molecule has 0 saturated carbocycles. The molecule has 0 aliphatic carbocycles. The molecule has 0 aliphatic heterocycles. The van der Waals surface area contributed by atoms with Gasteiger partial charge in [0.15, 0.2) is 17.3 Å². The quantitative estimate of drug-likeness (QED) is 0.192. The van der Waals surface area contributed by atoms with Crippen LogP contribution in [0.1, 0.15) is 32.3 Å². The van der Waals surface area contributed by atoms with Crippen molar-refractivity contribution in [2.24, 2.45) is 0 Å². The third-order valence-electron chi connectivity index (χ3n) is 5.01. The van der Waals surface area contributed by atoms with Crippen LogP contribution >= 0.6 is 18.2 Å². The van der Waals surface area contributed by atoms with Crippen LogP contribution in [0.3, 0.4) is 0 Å². The monoisotopic (exact) mass is 485 g/mol. The minimum atomic E-state index is -3.82. The standard InChI is InChI=1S/C25H25FNO4PS/c1-3-8-17-9-7-11-19(14-17)30-32(29,33-13-4-2)31-23-16-21(26)24-20(25(23)28)15-18-10-5-6-12-22(18)27-24/h5-7,9-12,14-16,28H,3-4,8,13H2,1-2H3. The highest BCUT2D eigenvalue weighted by atomic mass is 32.7. The molecule has 0 amide bonds. The van der Waals surface area contributed by atoms with Crippen molar-refractivity contribution in [1.82, 2.24) is 4.98 Å². The number of hydrogen-bond donors (Lipinski definition) is 1. The normalized spacial score (nSPS) is 13.2. The number of aromatic nitrogens is 1. The van der Waals surface area contributed by atoms with Gasteiger partial charge in [0.25, 0.3) is 0 Å². The molecule has 8 heteroatoms. The summed E-state index contributed by atoms with van der Waals surface area (Å²) in [4.78, 5) is 4.32. The molecular weight excluding hydrogens is 460 g/mol. The molecule has 0 spiro atoms. The topological polar surface area (TPSA) is 68.7 Å². The number of aromatic hydroxyl groups is 1. The van der Waals surface area contributed by atoms with E-state index in [1.807, 2.05) is 43.3 Å². The van der Waals surface area contributed by atoms with E-state index in [0.717, 1.165) is 47.7 Å². The van der Waals surface area contributed by atoms with E-state index < -0.39 is 12.6 Å². The first-order chi connectivity index (χ1) is 15.9. The highest BCUT2D eigenvalue weighted by Crippen LogP contribution is 2.61. The van der Waals surface area contributed by atoms with Crippen LogP contribution in [0.25, 0.3) is 21.8 Å². The Morgan fingerprint density at radius 1 is 1.03 bits per heavy atom. The zero-order valence-electron chi connectivity index (χ0n) is 18.5. The van der Waals surface area contributed by atoms with Crippen molar-refractivity contribution in [2.75, 3.05) is 5.75 Å². The van der Waals surface area contributed by atoms with E-state index in [4.69, 9.17) is 9.05 Å². The number of rotatable bonds is 9. The van der Waals surface area contributed by atoms with Gasteiger partial charge < -0.3 is 14.2 Å². The molecule has 0 fully saturated rings. The number of halogens is 1. The van der Waals surface area contributed by atoms with Crippen LogP contribution in [-0.2, 0) is 11.0 Å². The van der Waals surface area contributed by atoms with E-state index in [2.05, 4.69) is 11.9 Å². The number of aryl methyl sites for hydroxylation is 1. The fourth-order valence-electron chi connectivity index (χ4n) is 3.50. The fraction of sp³-hybridized carbons (Fsp3) is 0.240. The molecule has 0 bridgehead atoms. The molecule has 172 valence electrons. The van der Waals surface area contributed by atoms with Gasteiger partial charge in [0.2, 0.25) is 0 Å². The maximum Gasteiger partial charge on any atom is 0.492 e. The van der Waals surface area contributed by atoms with Crippen LogP contribution in [0.2, 0.25) is 0 Å². The summed E-state index contributed by atoms with van der Waals surface area (Å²) in [5.74, 6) is -0.338. The summed E-state index contributed by atoms with van der Waals surface area (Å²) in [7, 11) is 0. The van der Waals surface area contributed by atoms with Crippen LogP contribution in [-0.4, -0.2) is 15.8 Å². The molecule has 1 aromatic heterocycles. The van der Waals surface area contributed by atoms with Crippen molar-refractivity contribution in [3.8, 4) is 17.2 Å². The predicted octanol–water partition coefficient (Wildman–Crippen LogP) is 7.89. The molecule has 4 rings (SSSR count). The van der Waals surface area contributed by atoms with Gasteiger partial charge in [-0.25, -0.2) is 13.9 Å². The van der Waals surface area contributed by atoms with Gasteiger partial charge in [0, 0.05) is 22.6 Å². The van der Waals surface area contributed by atoms with Gasteiger partial charge in [-0.05, 0) is 54.1 Å². The van der Waals surface area contributed by atoms with Crippen molar-refractivity contribution in [3.63, 3.8) is 0 Å². The molecule has 1 atom stereocenters. The first kappa shape index (κ1) is 23.4. The largest absolute Gasteiger partial charge is 0.504 e. The van der Waals surface area contributed by atoms with Crippen LogP contribution in [0, 0.1) is 5.82 Å². The van der Waals surface area contributed by atoms with E-state index in [-0.39, 0.29) is 22.4 Å². The van der Waals surface area contributed by atoms with E-state index in [9.17, 15) is 14.1 Å².